The van der Waals surface area contributed by atoms with Crippen LogP contribution in [0, 0.1) is 0 Å². The van der Waals surface area contributed by atoms with E-state index in [2.05, 4.69) is 0 Å². The third-order valence-electron chi connectivity index (χ3n) is 2.85. The lowest BCUT2D eigenvalue weighted by molar-refractivity contribution is -0.149. The van der Waals surface area contributed by atoms with Crippen LogP contribution in [0.25, 0.3) is 0 Å². The molecular formula is C11H20O4S. The van der Waals surface area contributed by atoms with E-state index in [1.54, 1.807) is 6.92 Å². The van der Waals surface area contributed by atoms with Crippen molar-refractivity contribution in [3.8, 4) is 0 Å². The van der Waals surface area contributed by atoms with E-state index in [0.29, 0.717) is 0 Å². The Morgan fingerprint density at radius 2 is 2.06 bits per heavy atom. The van der Waals surface area contributed by atoms with Gasteiger partial charge in [0.2, 0.25) is 0 Å². The zero-order chi connectivity index (χ0) is 12.0. The number of esters is 1. The maximum Gasteiger partial charge on any atom is 0.321 e. The Bertz CT molecular complexity index is 248. The van der Waals surface area contributed by atoms with Gasteiger partial charge in [-0.3, -0.25) is 9.00 Å². The molecule has 0 heterocycles. The number of carbonyl (C=O) groups excluding carboxylic acids is 1. The van der Waals surface area contributed by atoms with Crippen LogP contribution in [-0.2, 0) is 20.3 Å². The highest BCUT2D eigenvalue weighted by atomic mass is 32.2. The van der Waals surface area contributed by atoms with Crippen molar-refractivity contribution in [2.75, 3.05) is 12.4 Å². The number of rotatable bonds is 5. The first kappa shape index (κ1) is 13.6. The second-order valence-corrected chi connectivity index (χ2v) is 6.02. The summed E-state index contributed by atoms with van der Waals surface area (Å²) >= 11 is 0. The molecule has 1 aliphatic carbocycles. The van der Waals surface area contributed by atoms with Crippen LogP contribution < -0.4 is 0 Å². The number of ether oxygens (including phenoxy) is 1. The van der Waals surface area contributed by atoms with Crippen LogP contribution in [0.4, 0.5) is 0 Å². The lowest BCUT2D eigenvalue weighted by Gasteiger charge is -2.23. The molecule has 0 aliphatic heterocycles. The minimum absolute atomic E-state index is 0.00910. The fourth-order valence-corrected chi connectivity index (χ4v) is 2.62. The van der Waals surface area contributed by atoms with Gasteiger partial charge in [0.1, 0.15) is 11.4 Å². The number of aliphatic hydroxyl groups is 1. The van der Waals surface area contributed by atoms with Gasteiger partial charge in [-0.05, 0) is 32.6 Å². The van der Waals surface area contributed by atoms with E-state index in [1.165, 1.54) is 6.42 Å². The first-order chi connectivity index (χ1) is 7.65. The average molecular weight is 248 g/mol. The predicted octanol–water partition coefficient (Wildman–Crippen LogP) is 0.992. The van der Waals surface area contributed by atoms with Crippen molar-refractivity contribution in [3.63, 3.8) is 0 Å². The van der Waals surface area contributed by atoms with Crippen molar-refractivity contribution in [1.29, 1.82) is 0 Å². The smallest absolute Gasteiger partial charge is 0.321 e. The summed E-state index contributed by atoms with van der Waals surface area (Å²) in [5.74, 6) is -0.250. The standard InChI is InChI=1S/C11H20O4S/c1-9(16(14)8-7-12)11(13)15-10-5-3-2-4-6-10/h9-10,12H,2-8H2,1H3. The summed E-state index contributed by atoms with van der Waals surface area (Å²) in [7, 11) is -1.32. The summed E-state index contributed by atoms with van der Waals surface area (Å²) in [5, 5.41) is 8.01. The summed E-state index contributed by atoms with van der Waals surface area (Å²) in [6.07, 6.45) is 5.27. The van der Waals surface area contributed by atoms with E-state index in [4.69, 9.17) is 9.84 Å². The molecule has 1 N–H and O–H groups in total. The van der Waals surface area contributed by atoms with Crippen LogP contribution in [0.1, 0.15) is 39.0 Å². The zero-order valence-corrected chi connectivity index (χ0v) is 10.5. The number of aliphatic hydroxyl groups excluding tert-OH is 1. The molecule has 0 amide bonds. The third kappa shape index (κ3) is 4.22. The van der Waals surface area contributed by atoms with Crippen LogP contribution in [0.2, 0.25) is 0 Å². The second-order valence-electron chi connectivity index (χ2n) is 4.15. The fourth-order valence-electron chi connectivity index (χ4n) is 1.82. The Hall–Kier alpha value is -0.420. The van der Waals surface area contributed by atoms with E-state index in [9.17, 15) is 9.00 Å². The summed E-state index contributed by atoms with van der Waals surface area (Å²) < 4.78 is 16.8. The molecule has 2 atom stereocenters. The predicted molar refractivity (Wildman–Crippen MR) is 62.5 cm³/mol. The zero-order valence-electron chi connectivity index (χ0n) is 9.68. The van der Waals surface area contributed by atoms with Crippen molar-refractivity contribution in [3.05, 3.63) is 0 Å². The van der Waals surface area contributed by atoms with Gasteiger partial charge in [-0.15, -0.1) is 0 Å². The van der Waals surface area contributed by atoms with Crippen molar-refractivity contribution in [2.24, 2.45) is 0 Å². The molecule has 2 unspecified atom stereocenters. The quantitative estimate of drug-likeness (QED) is 0.737. The van der Waals surface area contributed by atoms with Gasteiger partial charge < -0.3 is 9.84 Å². The number of hydrogen-bond donors (Lipinski definition) is 1. The Labute approximate surface area is 98.8 Å². The molecule has 0 aromatic rings. The maximum absolute atomic E-state index is 11.6. The van der Waals surface area contributed by atoms with Crippen LogP contribution in [0.3, 0.4) is 0 Å². The summed E-state index contributed by atoms with van der Waals surface area (Å²) in [5.41, 5.74) is 0. The van der Waals surface area contributed by atoms with Gasteiger partial charge in [0, 0.05) is 16.6 Å². The van der Waals surface area contributed by atoms with Crippen molar-refractivity contribution >= 4 is 16.8 Å². The first-order valence-electron chi connectivity index (χ1n) is 5.83. The Morgan fingerprint density at radius 1 is 1.44 bits per heavy atom. The summed E-state index contributed by atoms with van der Waals surface area (Å²) in [4.78, 5) is 11.6. The lowest BCUT2D eigenvalue weighted by atomic mass is 9.98. The molecule has 1 saturated carbocycles. The van der Waals surface area contributed by atoms with Gasteiger partial charge in [0.15, 0.2) is 0 Å². The minimum Gasteiger partial charge on any atom is -0.461 e. The van der Waals surface area contributed by atoms with Crippen LogP contribution in [0.5, 0.6) is 0 Å². The molecule has 4 nitrogen and oxygen atoms in total. The molecule has 0 saturated heterocycles. The molecular weight excluding hydrogens is 228 g/mol. The fraction of sp³-hybridized carbons (Fsp3) is 0.909. The third-order valence-corrected chi connectivity index (χ3v) is 4.42. The Morgan fingerprint density at radius 3 is 2.62 bits per heavy atom. The van der Waals surface area contributed by atoms with E-state index in [1.807, 2.05) is 0 Å². The Balaban J connectivity index is 2.35. The minimum atomic E-state index is -1.32. The van der Waals surface area contributed by atoms with Crippen LogP contribution in [0.15, 0.2) is 0 Å². The molecule has 16 heavy (non-hydrogen) atoms. The molecule has 1 rings (SSSR count). The molecule has 5 heteroatoms. The van der Waals surface area contributed by atoms with Crippen molar-refractivity contribution in [1.82, 2.24) is 0 Å². The van der Waals surface area contributed by atoms with Crippen LogP contribution >= 0.6 is 0 Å². The molecule has 0 aromatic carbocycles. The maximum atomic E-state index is 11.6. The van der Waals surface area contributed by atoms with Gasteiger partial charge in [0.05, 0.1) is 6.61 Å². The van der Waals surface area contributed by atoms with Crippen molar-refractivity contribution < 1.29 is 18.8 Å². The highest BCUT2D eigenvalue weighted by molar-refractivity contribution is 7.86. The Kier molecular flexibility index (Phi) is 5.98. The monoisotopic (exact) mass is 248 g/mol. The molecule has 94 valence electrons. The molecule has 0 radical (unpaired) electrons. The van der Waals surface area contributed by atoms with Gasteiger partial charge >= 0.3 is 5.97 Å². The van der Waals surface area contributed by atoms with Gasteiger partial charge in [0.25, 0.3) is 0 Å². The van der Waals surface area contributed by atoms with E-state index >= 15 is 0 Å². The number of hydrogen-bond acceptors (Lipinski definition) is 4. The molecule has 1 fully saturated rings. The highest BCUT2D eigenvalue weighted by Gasteiger charge is 2.25. The average Bonchev–Trinajstić information content (AvgIpc) is 2.29. The van der Waals surface area contributed by atoms with Gasteiger partial charge in [-0.25, -0.2) is 0 Å². The van der Waals surface area contributed by atoms with Gasteiger partial charge in [-0.1, -0.05) is 6.42 Å². The summed E-state index contributed by atoms with van der Waals surface area (Å²) in [6.45, 7) is 1.44. The van der Waals surface area contributed by atoms with E-state index in [-0.39, 0.29) is 18.5 Å². The topological polar surface area (TPSA) is 63.6 Å². The van der Waals surface area contributed by atoms with Crippen molar-refractivity contribution in [2.45, 2.75) is 50.4 Å². The largest absolute Gasteiger partial charge is 0.461 e. The van der Waals surface area contributed by atoms with Gasteiger partial charge in [-0.2, -0.15) is 0 Å². The van der Waals surface area contributed by atoms with E-state index < -0.39 is 22.0 Å². The molecule has 0 spiro atoms. The van der Waals surface area contributed by atoms with E-state index in [0.717, 1.165) is 25.7 Å². The lowest BCUT2D eigenvalue weighted by Crippen LogP contribution is -2.31. The number of carbonyl (C=O) groups is 1. The SMILES string of the molecule is CC(C(=O)OC1CCCCC1)S(=O)CCO. The van der Waals surface area contributed by atoms with Crippen LogP contribution in [-0.4, -0.2) is 39.0 Å². The normalized spacial score (nSPS) is 21.4. The molecule has 1 aliphatic rings. The second kappa shape index (κ2) is 7.01. The first-order valence-corrected chi connectivity index (χ1v) is 7.22. The molecule has 0 bridgehead atoms. The highest BCUT2D eigenvalue weighted by Crippen LogP contribution is 2.21. The molecule has 0 aromatic heterocycles. The summed E-state index contributed by atoms with van der Waals surface area (Å²) in [6, 6.07) is 0.